The number of rotatable bonds is 5. The summed E-state index contributed by atoms with van der Waals surface area (Å²) < 4.78 is 37.3. The van der Waals surface area contributed by atoms with Crippen LogP contribution in [-0.4, -0.2) is 20.6 Å². The second-order valence-electron chi connectivity index (χ2n) is 4.10. The van der Waals surface area contributed by atoms with Crippen molar-refractivity contribution in [2.24, 2.45) is 0 Å². The fourth-order valence-corrected chi connectivity index (χ4v) is 3.07. The summed E-state index contributed by atoms with van der Waals surface area (Å²) in [5.41, 5.74) is 0.334. The minimum absolute atomic E-state index is 0.00699. The van der Waals surface area contributed by atoms with E-state index in [1.165, 1.54) is 20.1 Å². The Kier molecular flexibility index (Phi) is 4.01. The van der Waals surface area contributed by atoms with Crippen molar-refractivity contribution < 1.29 is 22.7 Å². The van der Waals surface area contributed by atoms with Gasteiger partial charge >= 0.3 is 0 Å². The van der Waals surface area contributed by atoms with Gasteiger partial charge in [0.15, 0.2) is 0 Å². The molecule has 0 atom stereocenters. The van der Waals surface area contributed by atoms with E-state index in [4.69, 9.17) is 14.3 Å². The third-order valence-electron chi connectivity index (χ3n) is 2.72. The van der Waals surface area contributed by atoms with Crippen molar-refractivity contribution in [3.05, 3.63) is 41.9 Å². The van der Waals surface area contributed by atoms with Gasteiger partial charge in [-0.3, -0.25) is 4.72 Å². The first-order chi connectivity index (χ1) is 9.47. The van der Waals surface area contributed by atoms with Gasteiger partial charge in [-0.1, -0.05) is 12.1 Å². The summed E-state index contributed by atoms with van der Waals surface area (Å²) in [6.07, 6.45) is 0. The number of methoxy groups -OCH3 is 1. The normalized spacial score (nSPS) is 11.3. The standard InChI is InChI=1S/C13H15NO5S/c1-9-13(7-10(8-15)19-9)20(16,17)14-11-5-3-4-6-12(11)18-2/h3-7,14-15H,8H2,1-2H3. The summed E-state index contributed by atoms with van der Waals surface area (Å²) in [7, 11) is -2.34. The number of benzene rings is 1. The Morgan fingerprint density at radius 1 is 1.35 bits per heavy atom. The highest BCUT2D eigenvalue weighted by molar-refractivity contribution is 7.92. The van der Waals surface area contributed by atoms with Crippen LogP contribution in [0.2, 0.25) is 0 Å². The van der Waals surface area contributed by atoms with Crippen molar-refractivity contribution in [1.29, 1.82) is 0 Å². The molecule has 0 bridgehead atoms. The van der Waals surface area contributed by atoms with Crippen LogP contribution in [0.3, 0.4) is 0 Å². The first-order valence-electron chi connectivity index (χ1n) is 5.84. The molecule has 0 aliphatic carbocycles. The third kappa shape index (κ3) is 2.78. The molecule has 0 fully saturated rings. The van der Waals surface area contributed by atoms with Crippen LogP contribution >= 0.6 is 0 Å². The molecule has 0 unspecified atom stereocenters. The van der Waals surface area contributed by atoms with Gasteiger partial charge in [-0.2, -0.15) is 0 Å². The Hall–Kier alpha value is -1.99. The van der Waals surface area contributed by atoms with Crippen molar-refractivity contribution in [3.63, 3.8) is 0 Å². The number of hydrogen-bond acceptors (Lipinski definition) is 5. The molecule has 1 heterocycles. The maximum atomic E-state index is 12.3. The average molecular weight is 297 g/mol. The lowest BCUT2D eigenvalue weighted by Gasteiger charge is -2.10. The number of aliphatic hydroxyl groups is 1. The second kappa shape index (κ2) is 5.56. The van der Waals surface area contributed by atoms with Crippen LogP contribution < -0.4 is 9.46 Å². The largest absolute Gasteiger partial charge is 0.495 e. The first-order valence-corrected chi connectivity index (χ1v) is 7.32. The molecule has 0 radical (unpaired) electrons. The molecule has 0 saturated heterocycles. The lowest BCUT2D eigenvalue weighted by atomic mass is 10.3. The minimum Gasteiger partial charge on any atom is -0.495 e. The topological polar surface area (TPSA) is 88.8 Å². The van der Waals surface area contributed by atoms with E-state index >= 15 is 0 Å². The van der Waals surface area contributed by atoms with Crippen LogP contribution in [0.4, 0.5) is 5.69 Å². The number of anilines is 1. The Morgan fingerprint density at radius 2 is 2.05 bits per heavy atom. The summed E-state index contributed by atoms with van der Waals surface area (Å²) in [6, 6.07) is 7.98. The highest BCUT2D eigenvalue weighted by atomic mass is 32.2. The summed E-state index contributed by atoms with van der Waals surface area (Å²) in [5.74, 6) is 0.832. The predicted molar refractivity (Wildman–Crippen MR) is 73.2 cm³/mol. The maximum Gasteiger partial charge on any atom is 0.265 e. The summed E-state index contributed by atoms with van der Waals surface area (Å²) in [4.78, 5) is -0.00699. The second-order valence-corrected chi connectivity index (χ2v) is 5.75. The van der Waals surface area contributed by atoms with Gasteiger partial charge in [0.2, 0.25) is 0 Å². The van der Waals surface area contributed by atoms with Gasteiger partial charge in [-0.15, -0.1) is 0 Å². The molecule has 1 aromatic heterocycles. The number of sulfonamides is 1. The van der Waals surface area contributed by atoms with E-state index in [1.807, 2.05) is 0 Å². The maximum absolute atomic E-state index is 12.3. The van der Waals surface area contributed by atoms with E-state index in [1.54, 1.807) is 24.3 Å². The molecule has 0 aliphatic heterocycles. The van der Waals surface area contributed by atoms with E-state index in [-0.39, 0.29) is 23.0 Å². The van der Waals surface area contributed by atoms with Crippen molar-refractivity contribution in [3.8, 4) is 5.75 Å². The third-order valence-corrected chi connectivity index (χ3v) is 4.19. The van der Waals surface area contributed by atoms with E-state index < -0.39 is 10.0 Å². The van der Waals surface area contributed by atoms with E-state index in [2.05, 4.69) is 4.72 Å². The molecule has 2 rings (SSSR count). The van der Waals surface area contributed by atoms with Crippen molar-refractivity contribution >= 4 is 15.7 Å². The molecule has 0 saturated carbocycles. The Labute approximate surface area is 117 Å². The zero-order valence-corrected chi connectivity index (χ0v) is 11.9. The predicted octanol–water partition coefficient (Wildman–Crippen LogP) is 1.89. The van der Waals surface area contributed by atoms with Crippen LogP contribution in [0.25, 0.3) is 0 Å². The number of hydrogen-bond donors (Lipinski definition) is 2. The van der Waals surface area contributed by atoms with E-state index in [0.29, 0.717) is 11.4 Å². The molecule has 7 heteroatoms. The number of nitrogens with one attached hydrogen (secondary N) is 1. The molecular weight excluding hydrogens is 282 g/mol. The quantitative estimate of drug-likeness (QED) is 0.879. The Bertz CT molecular complexity index is 705. The molecule has 0 amide bonds. The van der Waals surface area contributed by atoms with Crippen LogP contribution in [0.1, 0.15) is 11.5 Å². The van der Waals surface area contributed by atoms with Crippen molar-refractivity contribution in [2.75, 3.05) is 11.8 Å². The number of para-hydroxylation sites is 2. The Balaban J connectivity index is 2.38. The van der Waals surface area contributed by atoms with Crippen LogP contribution in [0.15, 0.2) is 39.6 Å². The van der Waals surface area contributed by atoms with Gasteiger partial charge in [0, 0.05) is 6.07 Å². The molecule has 0 aliphatic rings. The summed E-state index contributed by atoms with van der Waals surface area (Å²) in [5, 5.41) is 8.98. The molecule has 2 N–H and O–H groups in total. The highest BCUT2D eigenvalue weighted by Gasteiger charge is 2.22. The van der Waals surface area contributed by atoms with Gasteiger partial charge in [0.05, 0.1) is 12.8 Å². The Morgan fingerprint density at radius 3 is 2.65 bits per heavy atom. The van der Waals surface area contributed by atoms with Gasteiger partial charge in [0.25, 0.3) is 10.0 Å². The first kappa shape index (κ1) is 14.4. The highest BCUT2D eigenvalue weighted by Crippen LogP contribution is 2.28. The van der Waals surface area contributed by atoms with E-state index in [0.717, 1.165) is 0 Å². The molecule has 6 nitrogen and oxygen atoms in total. The lowest BCUT2D eigenvalue weighted by Crippen LogP contribution is -2.13. The smallest absolute Gasteiger partial charge is 0.265 e. The lowest BCUT2D eigenvalue weighted by molar-refractivity contribution is 0.245. The van der Waals surface area contributed by atoms with E-state index in [9.17, 15) is 8.42 Å². The summed E-state index contributed by atoms with van der Waals surface area (Å²) >= 11 is 0. The fraction of sp³-hybridized carbons (Fsp3) is 0.231. The zero-order valence-electron chi connectivity index (χ0n) is 11.1. The molecule has 108 valence electrons. The number of aryl methyl sites for hydroxylation is 1. The molecule has 2 aromatic rings. The van der Waals surface area contributed by atoms with Gasteiger partial charge in [0.1, 0.15) is 28.8 Å². The number of aliphatic hydroxyl groups excluding tert-OH is 1. The molecule has 20 heavy (non-hydrogen) atoms. The van der Waals surface area contributed by atoms with Crippen LogP contribution in [-0.2, 0) is 16.6 Å². The molecular formula is C13H15NO5S. The van der Waals surface area contributed by atoms with Crippen LogP contribution in [0.5, 0.6) is 5.75 Å². The van der Waals surface area contributed by atoms with Crippen molar-refractivity contribution in [2.45, 2.75) is 18.4 Å². The monoisotopic (exact) mass is 297 g/mol. The van der Waals surface area contributed by atoms with Crippen molar-refractivity contribution in [1.82, 2.24) is 0 Å². The zero-order chi connectivity index (χ0) is 14.8. The summed E-state index contributed by atoms with van der Waals surface area (Å²) in [6.45, 7) is 1.17. The minimum atomic E-state index is -3.80. The SMILES string of the molecule is COc1ccccc1NS(=O)(=O)c1cc(CO)oc1C. The van der Waals surface area contributed by atoms with Gasteiger partial charge < -0.3 is 14.3 Å². The number of ether oxygens (including phenoxy) is 1. The van der Waals surface area contributed by atoms with Crippen LogP contribution in [0, 0.1) is 6.92 Å². The number of furan rings is 1. The van der Waals surface area contributed by atoms with Gasteiger partial charge in [-0.05, 0) is 19.1 Å². The molecule has 0 spiro atoms. The fourth-order valence-electron chi connectivity index (χ4n) is 1.80. The van der Waals surface area contributed by atoms with Gasteiger partial charge in [-0.25, -0.2) is 8.42 Å². The average Bonchev–Trinajstić information content (AvgIpc) is 2.81. The molecule has 1 aromatic carbocycles.